The first kappa shape index (κ1) is 12.3. The Labute approximate surface area is 103 Å². The van der Waals surface area contributed by atoms with Crippen molar-refractivity contribution < 1.29 is 0 Å². The zero-order valence-electron chi connectivity index (χ0n) is 10.8. The maximum absolute atomic E-state index is 4.54. The number of aromatic nitrogens is 2. The summed E-state index contributed by atoms with van der Waals surface area (Å²) in [5.74, 6) is 1.03. The van der Waals surface area contributed by atoms with Crippen molar-refractivity contribution in [3.63, 3.8) is 0 Å². The van der Waals surface area contributed by atoms with E-state index in [-0.39, 0.29) is 0 Å². The summed E-state index contributed by atoms with van der Waals surface area (Å²) in [5.41, 5.74) is 0.999. The summed E-state index contributed by atoms with van der Waals surface area (Å²) < 4.78 is 0. The number of rotatable bonds is 3. The molecular formula is C13H22N4. The molecule has 0 saturated carbocycles. The Balaban J connectivity index is 2.09. The molecule has 94 valence electrons. The van der Waals surface area contributed by atoms with E-state index in [0.29, 0.717) is 6.04 Å². The van der Waals surface area contributed by atoms with Gasteiger partial charge in [0.15, 0.2) is 0 Å². The molecule has 1 aromatic rings. The van der Waals surface area contributed by atoms with Gasteiger partial charge in [-0.05, 0) is 26.8 Å². The summed E-state index contributed by atoms with van der Waals surface area (Å²) in [6.45, 7) is 4.18. The molecule has 2 heterocycles. The summed E-state index contributed by atoms with van der Waals surface area (Å²) in [4.78, 5) is 11.4. The lowest BCUT2D eigenvalue weighted by molar-refractivity contribution is 0.609. The van der Waals surface area contributed by atoms with Crippen molar-refractivity contribution in [1.29, 1.82) is 0 Å². The van der Waals surface area contributed by atoms with Gasteiger partial charge in [0.05, 0.1) is 18.1 Å². The van der Waals surface area contributed by atoms with Gasteiger partial charge in [0.1, 0.15) is 5.82 Å². The van der Waals surface area contributed by atoms with Crippen LogP contribution in [-0.4, -0.2) is 29.6 Å². The quantitative estimate of drug-likeness (QED) is 0.868. The molecular weight excluding hydrogens is 212 g/mol. The van der Waals surface area contributed by atoms with Gasteiger partial charge in [-0.1, -0.05) is 12.8 Å². The van der Waals surface area contributed by atoms with Crippen LogP contribution < -0.4 is 10.2 Å². The SMILES string of the molecule is CNCc1cnc(N2CCCCCC2C)cn1. The standard InChI is InChI=1S/C13H22N4/c1-11-6-4-3-5-7-17(11)13-10-15-12(8-14-2)9-16-13/h9-11,14H,3-8H2,1-2H3. The van der Waals surface area contributed by atoms with Crippen LogP contribution >= 0.6 is 0 Å². The monoisotopic (exact) mass is 234 g/mol. The van der Waals surface area contributed by atoms with Crippen LogP contribution in [0.2, 0.25) is 0 Å². The highest BCUT2D eigenvalue weighted by molar-refractivity contribution is 5.37. The lowest BCUT2D eigenvalue weighted by Crippen LogP contribution is -2.33. The van der Waals surface area contributed by atoms with E-state index in [0.717, 1.165) is 24.6 Å². The second-order valence-electron chi connectivity index (χ2n) is 4.79. The van der Waals surface area contributed by atoms with Crippen LogP contribution in [0.4, 0.5) is 5.82 Å². The third kappa shape index (κ3) is 3.16. The summed E-state index contributed by atoms with van der Waals surface area (Å²) in [6, 6.07) is 0.585. The van der Waals surface area contributed by atoms with Gasteiger partial charge in [0.25, 0.3) is 0 Å². The molecule has 1 fully saturated rings. The third-order valence-corrected chi connectivity index (χ3v) is 3.40. The lowest BCUT2D eigenvalue weighted by Gasteiger charge is -2.27. The molecule has 1 aliphatic rings. The molecule has 0 amide bonds. The lowest BCUT2D eigenvalue weighted by atomic mass is 10.1. The Morgan fingerprint density at radius 3 is 2.88 bits per heavy atom. The van der Waals surface area contributed by atoms with E-state index < -0.39 is 0 Å². The van der Waals surface area contributed by atoms with Crippen molar-refractivity contribution in [2.24, 2.45) is 0 Å². The molecule has 0 radical (unpaired) electrons. The number of nitrogens with one attached hydrogen (secondary N) is 1. The highest BCUT2D eigenvalue weighted by Crippen LogP contribution is 2.21. The van der Waals surface area contributed by atoms with Crippen LogP contribution in [0.25, 0.3) is 0 Å². The number of nitrogens with zero attached hydrogens (tertiary/aromatic N) is 3. The van der Waals surface area contributed by atoms with Crippen LogP contribution in [0.1, 0.15) is 38.3 Å². The third-order valence-electron chi connectivity index (χ3n) is 3.40. The fourth-order valence-electron chi connectivity index (χ4n) is 2.38. The first-order chi connectivity index (χ1) is 8.31. The maximum atomic E-state index is 4.54. The first-order valence-electron chi connectivity index (χ1n) is 6.53. The average Bonchev–Trinajstić information content (AvgIpc) is 2.56. The van der Waals surface area contributed by atoms with Crippen molar-refractivity contribution >= 4 is 5.82 Å². The van der Waals surface area contributed by atoms with Crippen molar-refractivity contribution in [2.75, 3.05) is 18.5 Å². The van der Waals surface area contributed by atoms with E-state index in [1.807, 2.05) is 19.4 Å². The van der Waals surface area contributed by atoms with Crippen LogP contribution in [0.3, 0.4) is 0 Å². The van der Waals surface area contributed by atoms with E-state index in [2.05, 4.69) is 27.1 Å². The van der Waals surface area contributed by atoms with E-state index in [1.165, 1.54) is 25.7 Å². The molecule has 0 aliphatic carbocycles. The maximum Gasteiger partial charge on any atom is 0.147 e. The summed E-state index contributed by atoms with van der Waals surface area (Å²) in [5, 5.41) is 3.09. The van der Waals surface area contributed by atoms with E-state index in [4.69, 9.17) is 0 Å². The molecule has 17 heavy (non-hydrogen) atoms. The number of anilines is 1. The minimum Gasteiger partial charge on any atom is -0.353 e. The van der Waals surface area contributed by atoms with Crippen LogP contribution in [0.15, 0.2) is 12.4 Å². The molecule has 1 aromatic heterocycles. The zero-order valence-corrected chi connectivity index (χ0v) is 10.8. The minimum absolute atomic E-state index is 0.585. The van der Waals surface area contributed by atoms with E-state index in [9.17, 15) is 0 Å². The fraction of sp³-hybridized carbons (Fsp3) is 0.692. The summed E-state index contributed by atoms with van der Waals surface area (Å²) >= 11 is 0. The topological polar surface area (TPSA) is 41.1 Å². The van der Waals surface area contributed by atoms with Crippen molar-refractivity contribution in [3.05, 3.63) is 18.1 Å². The van der Waals surface area contributed by atoms with Gasteiger partial charge < -0.3 is 10.2 Å². The Morgan fingerprint density at radius 1 is 1.29 bits per heavy atom. The minimum atomic E-state index is 0.585. The van der Waals surface area contributed by atoms with E-state index in [1.54, 1.807) is 0 Å². The highest BCUT2D eigenvalue weighted by atomic mass is 15.2. The van der Waals surface area contributed by atoms with Gasteiger partial charge in [-0.25, -0.2) is 4.98 Å². The first-order valence-corrected chi connectivity index (χ1v) is 6.53. The largest absolute Gasteiger partial charge is 0.353 e. The zero-order chi connectivity index (χ0) is 12.1. The Bertz CT molecular complexity index is 336. The normalized spacial score (nSPS) is 21.3. The molecule has 1 N–H and O–H groups in total. The van der Waals surface area contributed by atoms with Crippen molar-refractivity contribution in [3.8, 4) is 0 Å². The van der Waals surface area contributed by atoms with Crippen molar-refractivity contribution in [2.45, 2.75) is 45.2 Å². The molecule has 1 atom stereocenters. The second kappa shape index (κ2) is 5.96. The average molecular weight is 234 g/mol. The second-order valence-corrected chi connectivity index (χ2v) is 4.79. The van der Waals surface area contributed by atoms with Gasteiger partial charge in [-0.2, -0.15) is 0 Å². The summed E-state index contributed by atoms with van der Waals surface area (Å²) in [7, 11) is 1.92. The molecule has 1 unspecified atom stereocenters. The molecule has 1 saturated heterocycles. The smallest absolute Gasteiger partial charge is 0.147 e. The van der Waals surface area contributed by atoms with Gasteiger partial charge in [-0.15, -0.1) is 0 Å². The Morgan fingerprint density at radius 2 is 2.18 bits per heavy atom. The summed E-state index contributed by atoms with van der Waals surface area (Å²) in [6.07, 6.45) is 9.00. The van der Waals surface area contributed by atoms with Crippen LogP contribution in [0.5, 0.6) is 0 Å². The molecule has 4 nitrogen and oxygen atoms in total. The molecule has 0 aromatic carbocycles. The van der Waals surface area contributed by atoms with Gasteiger partial charge in [-0.3, -0.25) is 4.98 Å². The predicted octanol–water partition coefficient (Wildman–Crippen LogP) is 1.96. The van der Waals surface area contributed by atoms with E-state index >= 15 is 0 Å². The van der Waals surface area contributed by atoms with Crippen LogP contribution in [0, 0.1) is 0 Å². The van der Waals surface area contributed by atoms with Gasteiger partial charge in [0.2, 0.25) is 0 Å². The predicted molar refractivity (Wildman–Crippen MR) is 70.1 cm³/mol. The molecule has 4 heteroatoms. The molecule has 2 rings (SSSR count). The molecule has 0 bridgehead atoms. The van der Waals surface area contributed by atoms with Gasteiger partial charge >= 0.3 is 0 Å². The Kier molecular flexibility index (Phi) is 4.31. The number of hydrogen-bond donors (Lipinski definition) is 1. The Hall–Kier alpha value is -1.16. The highest BCUT2D eigenvalue weighted by Gasteiger charge is 2.18. The fourth-order valence-corrected chi connectivity index (χ4v) is 2.38. The number of hydrogen-bond acceptors (Lipinski definition) is 4. The molecule has 0 spiro atoms. The molecule has 1 aliphatic heterocycles. The van der Waals surface area contributed by atoms with Crippen LogP contribution in [-0.2, 0) is 6.54 Å². The van der Waals surface area contributed by atoms with Crippen molar-refractivity contribution in [1.82, 2.24) is 15.3 Å². The van der Waals surface area contributed by atoms with Gasteiger partial charge in [0, 0.05) is 19.1 Å².